The number of nitrogens with zero attached hydrogens (tertiary/aromatic N) is 1. The van der Waals surface area contributed by atoms with Gasteiger partial charge in [0.2, 0.25) is 5.82 Å². The minimum absolute atomic E-state index is 0.134. The van der Waals surface area contributed by atoms with E-state index in [2.05, 4.69) is 5.10 Å². The van der Waals surface area contributed by atoms with Crippen molar-refractivity contribution in [3.05, 3.63) is 57.9 Å². The fraction of sp³-hybridized carbons (Fsp3) is 0.381. The largest absolute Gasteiger partial charge is 0.507 e. The number of phenols is 1. The molecule has 0 aromatic heterocycles. The zero-order valence-electron chi connectivity index (χ0n) is 17.0. The highest BCUT2D eigenvalue weighted by atomic mass is 19.2. The van der Waals surface area contributed by atoms with Crippen molar-refractivity contribution in [3.63, 3.8) is 0 Å². The lowest BCUT2D eigenvalue weighted by molar-refractivity contribution is 0.381. The smallest absolute Gasteiger partial charge is 0.200 e. The molecule has 0 aliphatic rings. The second-order valence-electron chi connectivity index (χ2n) is 8.78. The number of phenolic OH excluding ortho intramolecular Hbond substituents is 1. The van der Waals surface area contributed by atoms with Gasteiger partial charge in [-0.25, -0.2) is 22.0 Å². The highest BCUT2D eigenvalue weighted by Crippen LogP contribution is 2.39. The summed E-state index contributed by atoms with van der Waals surface area (Å²) in [5, 5.41) is 14.3. The molecule has 0 saturated carbocycles. The lowest BCUT2D eigenvalue weighted by Gasteiger charge is -2.27. The maximum Gasteiger partial charge on any atom is 0.200 e. The first-order chi connectivity index (χ1) is 13.2. The Labute approximate surface area is 166 Å². The fourth-order valence-corrected chi connectivity index (χ4v) is 2.75. The van der Waals surface area contributed by atoms with Gasteiger partial charge in [0.15, 0.2) is 23.3 Å². The Morgan fingerprint density at radius 3 is 1.52 bits per heavy atom. The van der Waals surface area contributed by atoms with Crippen LogP contribution in [0.5, 0.6) is 5.75 Å². The van der Waals surface area contributed by atoms with Gasteiger partial charge in [-0.1, -0.05) is 41.5 Å². The number of aromatic hydroxyl groups is 1. The molecule has 0 radical (unpaired) electrons. The number of anilines is 1. The van der Waals surface area contributed by atoms with Crippen molar-refractivity contribution in [2.24, 2.45) is 5.10 Å². The lowest BCUT2D eigenvalue weighted by atomic mass is 9.78. The molecule has 0 amide bonds. The molecule has 2 rings (SSSR count). The first-order valence-electron chi connectivity index (χ1n) is 8.84. The van der Waals surface area contributed by atoms with Crippen LogP contribution < -0.4 is 5.43 Å². The summed E-state index contributed by atoms with van der Waals surface area (Å²) in [6.07, 6.45) is 1.18. The number of nitrogens with one attached hydrogen (secondary N) is 1. The van der Waals surface area contributed by atoms with Crippen molar-refractivity contribution >= 4 is 11.9 Å². The molecule has 0 aliphatic carbocycles. The van der Waals surface area contributed by atoms with Gasteiger partial charge >= 0.3 is 0 Å². The lowest BCUT2D eigenvalue weighted by Crippen LogP contribution is -2.18. The zero-order valence-corrected chi connectivity index (χ0v) is 17.0. The molecule has 2 aromatic rings. The molecule has 0 saturated heterocycles. The van der Waals surface area contributed by atoms with Gasteiger partial charge in [-0.05, 0) is 28.5 Å². The van der Waals surface area contributed by atoms with E-state index >= 15 is 0 Å². The number of rotatable bonds is 3. The van der Waals surface area contributed by atoms with E-state index in [9.17, 15) is 27.1 Å². The first kappa shape index (κ1) is 22.6. The van der Waals surface area contributed by atoms with Crippen LogP contribution in [0.4, 0.5) is 27.6 Å². The molecule has 8 heteroatoms. The summed E-state index contributed by atoms with van der Waals surface area (Å²) < 4.78 is 67.2. The number of hydrazone groups is 1. The summed E-state index contributed by atoms with van der Waals surface area (Å²) in [5.74, 6) is -10.2. The maximum absolute atomic E-state index is 13.7. The van der Waals surface area contributed by atoms with Crippen LogP contribution in [0.3, 0.4) is 0 Å². The van der Waals surface area contributed by atoms with Gasteiger partial charge in [-0.15, -0.1) is 0 Å². The average Bonchev–Trinajstić information content (AvgIpc) is 2.60. The molecule has 0 heterocycles. The molecule has 2 aromatic carbocycles. The minimum Gasteiger partial charge on any atom is -0.507 e. The van der Waals surface area contributed by atoms with Gasteiger partial charge in [0.1, 0.15) is 11.4 Å². The predicted molar refractivity (Wildman–Crippen MR) is 103 cm³/mol. The number of hydrogen-bond acceptors (Lipinski definition) is 3. The molecule has 158 valence electrons. The molecule has 29 heavy (non-hydrogen) atoms. The van der Waals surface area contributed by atoms with E-state index in [-0.39, 0.29) is 5.75 Å². The Bertz CT molecular complexity index is 908. The topological polar surface area (TPSA) is 44.6 Å². The van der Waals surface area contributed by atoms with E-state index in [1.165, 1.54) is 6.21 Å². The van der Waals surface area contributed by atoms with Crippen molar-refractivity contribution in [2.45, 2.75) is 52.4 Å². The fourth-order valence-electron chi connectivity index (χ4n) is 2.75. The molecule has 0 atom stereocenters. The Hall–Kier alpha value is -2.64. The third kappa shape index (κ3) is 4.52. The van der Waals surface area contributed by atoms with E-state index in [0.717, 1.165) is 0 Å². The number of halogens is 5. The summed E-state index contributed by atoms with van der Waals surface area (Å²) in [4.78, 5) is 0. The summed E-state index contributed by atoms with van der Waals surface area (Å²) in [5.41, 5.74) is 1.54. The van der Waals surface area contributed by atoms with Crippen LogP contribution in [-0.2, 0) is 10.8 Å². The standard InChI is InChI=1S/C21H23F5N2O/c1-20(2,3)11-7-10(8-12(19(11)29)21(4,5)6)9-27-28-18-16(25)14(23)13(22)15(24)17(18)26/h7-9,28-29H,1-6H3/b27-9+. The second-order valence-corrected chi connectivity index (χ2v) is 8.78. The van der Waals surface area contributed by atoms with Gasteiger partial charge in [-0.2, -0.15) is 5.10 Å². The highest BCUT2D eigenvalue weighted by molar-refractivity contribution is 5.82. The van der Waals surface area contributed by atoms with Gasteiger partial charge in [0.25, 0.3) is 0 Å². The van der Waals surface area contributed by atoms with Gasteiger partial charge < -0.3 is 5.11 Å². The third-order valence-corrected chi connectivity index (χ3v) is 4.35. The van der Waals surface area contributed by atoms with Crippen molar-refractivity contribution < 1.29 is 27.1 Å². The molecule has 3 nitrogen and oxygen atoms in total. The van der Waals surface area contributed by atoms with E-state index in [1.807, 2.05) is 47.0 Å². The van der Waals surface area contributed by atoms with E-state index in [0.29, 0.717) is 16.7 Å². The summed E-state index contributed by atoms with van der Waals surface area (Å²) in [7, 11) is 0. The Kier molecular flexibility index (Phi) is 5.97. The SMILES string of the molecule is CC(C)(C)c1cc(/C=N/Nc2c(F)c(F)c(F)c(F)c2F)cc(C(C)(C)C)c1O. The van der Waals surface area contributed by atoms with Gasteiger partial charge in [-0.3, -0.25) is 5.43 Å². The number of benzene rings is 2. The quantitative estimate of drug-likeness (QED) is 0.209. The maximum atomic E-state index is 13.7. The molecule has 0 fully saturated rings. The van der Waals surface area contributed by atoms with Gasteiger partial charge in [0.05, 0.1) is 6.21 Å². The van der Waals surface area contributed by atoms with Crippen LogP contribution in [-0.4, -0.2) is 11.3 Å². The van der Waals surface area contributed by atoms with Crippen LogP contribution >= 0.6 is 0 Å². The van der Waals surface area contributed by atoms with Crippen molar-refractivity contribution in [3.8, 4) is 5.75 Å². The van der Waals surface area contributed by atoms with Crippen LogP contribution in [0.15, 0.2) is 17.2 Å². The normalized spacial score (nSPS) is 12.7. The van der Waals surface area contributed by atoms with Crippen LogP contribution in [0.25, 0.3) is 0 Å². The predicted octanol–water partition coefficient (Wildman–Crippen LogP) is 6.13. The third-order valence-electron chi connectivity index (χ3n) is 4.35. The zero-order chi connectivity index (χ0) is 22.3. The molecule has 0 bridgehead atoms. The van der Waals surface area contributed by atoms with Gasteiger partial charge in [0, 0.05) is 11.1 Å². The Morgan fingerprint density at radius 2 is 1.14 bits per heavy atom. The molecule has 0 spiro atoms. The Morgan fingerprint density at radius 1 is 0.759 bits per heavy atom. The summed E-state index contributed by atoms with van der Waals surface area (Å²) >= 11 is 0. The van der Waals surface area contributed by atoms with Crippen molar-refractivity contribution in [1.82, 2.24) is 0 Å². The second kappa shape index (κ2) is 7.65. The van der Waals surface area contributed by atoms with Crippen LogP contribution in [0.1, 0.15) is 58.2 Å². The number of hydrogen-bond donors (Lipinski definition) is 2. The first-order valence-corrected chi connectivity index (χ1v) is 8.84. The van der Waals surface area contributed by atoms with E-state index in [4.69, 9.17) is 0 Å². The van der Waals surface area contributed by atoms with Crippen LogP contribution in [0, 0.1) is 29.1 Å². The molecular formula is C21H23F5N2O. The van der Waals surface area contributed by atoms with Crippen LogP contribution in [0.2, 0.25) is 0 Å². The minimum atomic E-state index is -2.24. The molecule has 0 aliphatic heterocycles. The Balaban J connectivity index is 2.49. The molecule has 0 unspecified atom stereocenters. The van der Waals surface area contributed by atoms with E-state index < -0.39 is 45.6 Å². The van der Waals surface area contributed by atoms with Crippen molar-refractivity contribution in [2.75, 3.05) is 5.43 Å². The van der Waals surface area contributed by atoms with E-state index in [1.54, 1.807) is 12.1 Å². The highest BCUT2D eigenvalue weighted by Gasteiger charge is 2.27. The summed E-state index contributed by atoms with van der Waals surface area (Å²) in [6, 6.07) is 3.29. The van der Waals surface area contributed by atoms with Crippen molar-refractivity contribution in [1.29, 1.82) is 0 Å². The molecular weight excluding hydrogens is 391 g/mol. The molecule has 2 N–H and O–H groups in total. The average molecular weight is 414 g/mol. The summed E-state index contributed by atoms with van der Waals surface area (Å²) in [6.45, 7) is 11.4. The monoisotopic (exact) mass is 414 g/mol.